The molecule has 3 aliphatic heterocycles. The van der Waals surface area contributed by atoms with Gasteiger partial charge >= 0.3 is 0 Å². The molecule has 0 aliphatic carbocycles. The standard InChI is InChI=1S/C20H29N3O2.ClH/c1-3-20(13-16-4-5-17(20)21-16)19(25)23-10-7-14(8-11-23)15-6-9-22(2)18(24)12-15;/h6,9,12,14,16-17,21H,3-5,7-8,10-11,13H2,1-2H3;1H/t16-,17+,20+;/m0./s1. The minimum absolute atomic E-state index is 0. The topological polar surface area (TPSA) is 54.3 Å². The van der Waals surface area contributed by atoms with E-state index in [0.29, 0.717) is 23.9 Å². The van der Waals surface area contributed by atoms with E-state index in [4.69, 9.17) is 0 Å². The molecule has 5 nitrogen and oxygen atoms in total. The average Bonchev–Trinajstić information content (AvgIpc) is 3.25. The maximum Gasteiger partial charge on any atom is 0.250 e. The van der Waals surface area contributed by atoms with Crippen LogP contribution in [0.1, 0.15) is 56.9 Å². The Morgan fingerprint density at radius 1 is 1.27 bits per heavy atom. The Balaban J connectivity index is 0.00000196. The lowest BCUT2D eigenvalue weighted by Crippen LogP contribution is -2.51. The number of halogens is 1. The zero-order valence-corrected chi connectivity index (χ0v) is 16.6. The fourth-order valence-corrected chi connectivity index (χ4v) is 5.32. The molecule has 4 rings (SSSR count). The first-order chi connectivity index (χ1) is 12.0. The number of hydrogen-bond donors (Lipinski definition) is 1. The molecule has 3 atom stereocenters. The van der Waals surface area contributed by atoms with E-state index in [1.807, 2.05) is 6.20 Å². The largest absolute Gasteiger partial charge is 0.342 e. The summed E-state index contributed by atoms with van der Waals surface area (Å²) in [5.41, 5.74) is 1.01. The van der Waals surface area contributed by atoms with Crippen LogP contribution >= 0.6 is 12.4 Å². The van der Waals surface area contributed by atoms with Gasteiger partial charge in [-0.05, 0) is 56.1 Å². The number of aryl methyl sites for hydroxylation is 1. The molecule has 0 aromatic carbocycles. The van der Waals surface area contributed by atoms with E-state index < -0.39 is 0 Å². The number of nitrogens with one attached hydrogen (secondary N) is 1. The van der Waals surface area contributed by atoms with E-state index in [1.165, 1.54) is 6.42 Å². The molecule has 4 heterocycles. The molecule has 1 aromatic heterocycles. The predicted molar refractivity (Wildman–Crippen MR) is 105 cm³/mol. The maximum atomic E-state index is 13.3. The van der Waals surface area contributed by atoms with Crippen LogP contribution in [0.5, 0.6) is 0 Å². The molecule has 3 saturated heterocycles. The first kappa shape index (κ1) is 19.4. The molecule has 6 heteroatoms. The van der Waals surface area contributed by atoms with Crippen LogP contribution in [0, 0.1) is 5.41 Å². The first-order valence-corrected chi connectivity index (χ1v) is 9.75. The normalized spacial score (nSPS) is 31.1. The van der Waals surface area contributed by atoms with Crippen LogP contribution in [-0.2, 0) is 11.8 Å². The zero-order valence-electron chi connectivity index (χ0n) is 15.7. The molecule has 1 aromatic rings. The molecule has 0 unspecified atom stereocenters. The quantitative estimate of drug-likeness (QED) is 0.877. The third-order valence-corrected chi connectivity index (χ3v) is 6.96. The fourth-order valence-electron chi connectivity index (χ4n) is 5.32. The Hall–Kier alpha value is -1.33. The molecule has 2 bridgehead atoms. The van der Waals surface area contributed by atoms with Gasteiger partial charge in [-0.15, -0.1) is 12.4 Å². The highest BCUT2D eigenvalue weighted by atomic mass is 35.5. The Morgan fingerprint density at radius 3 is 2.54 bits per heavy atom. The Labute approximate surface area is 161 Å². The van der Waals surface area contributed by atoms with Crippen molar-refractivity contribution in [3.63, 3.8) is 0 Å². The molecule has 0 saturated carbocycles. The summed E-state index contributed by atoms with van der Waals surface area (Å²) in [5, 5.41) is 3.65. The van der Waals surface area contributed by atoms with Crippen LogP contribution in [0.3, 0.4) is 0 Å². The third kappa shape index (κ3) is 3.09. The van der Waals surface area contributed by atoms with Crippen LogP contribution in [0.25, 0.3) is 0 Å². The van der Waals surface area contributed by atoms with Gasteiger partial charge in [0.2, 0.25) is 5.91 Å². The Kier molecular flexibility index (Phi) is 5.50. The molecule has 3 aliphatic rings. The molecule has 1 amide bonds. The number of rotatable bonds is 3. The maximum absolute atomic E-state index is 13.3. The number of carbonyl (C=O) groups excluding carboxylic acids is 1. The van der Waals surface area contributed by atoms with E-state index in [-0.39, 0.29) is 23.4 Å². The second kappa shape index (κ2) is 7.35. The highest BCUT2D eigenvalue weighted by Crippen LogP contribution is 2.47. The van der Waals surface area contributed by atoms with Crippen molar-refractivity contribution in [3.05, 3.63) is 34.2 Å². The van der Waals surface area contributed by atoms with E-state index in [1.54, 1.807) is 17.7 Å². The monoisotopic (exact) mass is 379 g/mol. The zero-order chi connectivity index (χ0) is 17.6. The van der Waals surface area contributed by atoms with Crippen LogP contribution in [0.2, 0.25) is 0 Å². The smallest absolute Gasteiger partial charge is 0.250 e. The highest BCUT2D eigenvalue weighted by molar-refractivity contribution is 5.85. The van der Waals surface area contributed by atoms with Crippen molar-refractivity contribution in [2.75, 3.05) is 13.1 Å². The van der Waals surface area contributed by atoms with Crippen molar-refractivity contribution in [1.82, 2.24) is 14.8 Å². The summed E-state index contributed by atoms with van der Waals surface area (Å²) in [5.74, 6) is 0.769. The number of nitrogens with zero attached hydrogens (tertiary/aromatic N) is 2. The van der Waals surface area contributed by atoms with Gasteiger partial charge in [0.05, 0.1) is 5.41 Å². The fraction of sp³-hybridized carbons (Fsp3) is 0.700. The second-order valence-electron chi connectivity index (χ2n) is 8.18. The number of fused-ring (bicyclic) bond motifs is 2. The molecule has 0 spiro atoms. The number of likely N-dealkylation sites (tertiary alicyclic amines) is 1. The van der Waals surface area contributed by atoms with Gasteiger partial charge in [0.25, 0.3) is 5.56 Å². The molecule has 3 fully saturated rings. The summed E-state index contributed by atoms with van der Waals surface area (Å²) in [7, 11) is 1.78. The van der Waals surface area contributed by atoms with Crippen molar-refractivity contribution in [2.24, 2.45) is 12.5 Å². The lowest BCUT2D eigenvalue weighted by molar-refractivity contribution is -0.145. The summed E-state index contributed by atoms with van der Waals surface area (Å²) >= 11 is 0. The van der Waals surface area contributed by atoms with Gasteiger partial charge in [-0.25, -0.2) is 0 Å². The SMILES string of the molecule is CC[C@@]1(C(=O)N2CCC(c3ccn(C)c(=O)c3)CC2)C[C@@H]2CC[C@H]1N2.Cl. The first-order valence-electron chi connectivity index (χ1n) is 9.75. The number of aromatic nitrogens is 1. The van der Waals surface area contributed by atoms with Crippen molar-refractivity contribution < 1.29 is 4.79 Å². The lowest BCUT2D eigenvalue weighted by atomic mass is 9.70. The molecular weight excluding hydrogens is 350 g/mol. The number of amides is 1. The minimum Gasteiger partial charge on any atom is -0.342 e. The van der Waals surface area contributed by atoms with E-state index in [9.17, 15) is 9.59 Å². The lowest BCUT2D eigenvalue weighted by Gasteiger charge is -2.41. The van der Waals surface area contributed by atoms with E-state index in [2.05, 4.69) is 23.2 Å². The van der Waals surface area contributed by atoms with Gasteiger partial charge in [0.1, 0.15) is 0 Å². The second-order valence-corrected chi connectivity index (χ2v) is 8.18. The van der Waals surface area contributed by atoms with Gasteiger partial charge in [0, 0.05) is 44.5 Å². The predicted octanol–water partition coefficient (Wildman–Crippen LogP) is 2.43. The summed E-state index contributed by atoms with van der Waals surface area (Å²) in [6, 6.07) is 4.74. The summed E-state index contributed by atoms with van der Waals surface area (Å²) in [6.45, 7) is 3.81. The molecule has 26 heavy (non-hydrogen) atoms. The highest BCUT2D eigenvalue weighted by Gasteiger charge is 2.55. The number of pyridine rings is 1. The van der Waals surface area contributed by atoms with Gasteiger partial charge in [-0.2, -0.15) is 0 Å². The average molecular weight is 380 g/mol. The van der Waals surface area contributed by atoms with Crippen molar-refractivity contribution in [2.45, 2.75) is 63.5 Å². The third-order valence-electron chi connectivity index (χ3n) is 6.96. The van der Waals surface area contributed by atoms with Gasteiger partial charge in [-0.3, -0.25) is 9.59 Å². The van der Waals surface area contributed by atoms with Crippen LogP contribution in [-0.4, -0.2) is 40.5 Å². The van der Waals surface area contributed by atoms with E-state index in [0.717, 1.165) is 50.8 Å². The van der Waals surface area contributed by atoms with Crippen molar-refractivity contribution in [3.8, 4) is 0 Å². The van der Waals surface area contributed by atoms with Gasteiger partial charge in [-0.1, -0.05) is 6.92 Å². The molecule has 144 valence electrons. The van der Waals surface area contributed by atoms with Crippen molar-refractivity contribution >= 4 is 18.3 Å². The van der Waals surface area contributed by atoms with Crippen LogP contribution in [0.4, 0.5) is 0 Å². The van der Waals surface area contributed by atoms with Gasteiger partial charge in [0.15, 0.2) is 0 Å². The molecule has 1 N–H and O–H groups in total. The number of carbonyl (C=O) groups is 1. The summed E-state index contributed by atoms with van der Waals surface area (Å²) in [4.78, 5) is 27.3. The number of piperidine rings is 1. The van der Waals surface area contributed by atoms with Crippen LogP contribution in [0.15, 0.2) is 23.1 Å². The van der Waals surface area contributed by atoms with Gasteiger partial charge < -0.3 is 14.8 Å². The molecule has 0 radical (unpaired) electrons. The van der Waals surface area contributed by atoms with E-state index >= 15 is 0 Å². The minimum atomic E-state index is -0.168. The van der Waals surface area contributed by atoms with Crippen LogP contribution < -0.4 is 10.9 Å². The van der Waals surface area contributed by atoms with Crippen molar-refractivity contribution in [1.29, 1.82) is 0 Å². The number of hydrogen-bond acceptors (Lipinski definition) is 3. The Morgan fingerprint density at radius 2 is 2.00 bits per heavy atom. The summed E-state index contributed by atoms with van der Waals surface area (Å²) in [6.07, 6.45) is 8.09. The molecular formula is C20H30ClN3O2. The Bertz CT molecular complexity index is 726. The summed E-state index contributed by atoms with van der Waals surface area (Å²) < 4.78 is 1.61.